The maximum atomic E-state index is 8.53. The van der Waals surface area contributed by atoms with E-state index in [1.165, 1.54) is 0 Å². The maximum absolute atomic E-state index is 8.53. The Morgan fingerprint density at radius 1 is 1.55 bits per heavy atom. The fourth-order valence-electron chi connectivity index (χ4n) is 0.825. The molecule has 0 radical (unpaired) electrons. The number of rotatable bonds is 7. The van der Waals surface area contributed by atoms with E-state index in [0.717, 1.165) is 13.0 Å². The Labute approximate surface area is 68.5 Å². The molecule has 0 aliphatic heterocycles. The third-order valence-electron chi connectivity index (χ3n) is 1.42. The van der Waals surface area contributed by atoms with Crippen LogP contribution in [0.2, 0.25) is 0 Å². The highest BCUT2D eigenvalue weighted by atomic mass is 16.3. The van der Waals surface area contributed by atoms with E-state index in [1.807, 2.05) is 6.08 Å². The van der Waals surface area contributed by atoms with Gasteiger partial charge in [-0.2, -0.15) is 0 Å². The minimum atomic E-state index is 0.187. The van der Waals surface area contributed by atoms with Gasteiger partial charge in [0, 0.05) is 13.1 Å². The largest absolute Gasteiger partial charge is 0.395 e. The second-order valence-electron chi connectivity index (χ2n) is 2.34. The summed E-state index contributed by atoms with van der Waals surface area (Å²) in [6.07, 6.45) is 3.12. The quantitative estimate of drug-likeness (QED) is 0.363. The van der Waals surface area contributed by atoms with Crippen molar-refractivity contribution in [3.8, 4) is 0 Å². The summed E-state index contributed by atoms with van der Waals surface area (Å²) in [6.45, 7) is 7.33. The molecule has 3 N–H and O–H groups in total. The van der Waals surface area contributed by atoms with E-state index in [2.05, 4.69) is 24.1 Å². The number of aliphatic hydroxyl groups is 1. The van der Waals surface area contributed by atoms with Gasteiger partial charge in [-0.15, -0.1) is 6.58 Å². The number of hydrogen-bond acceptors (Lipinski definition) is 3. The molecule has 3 nitrogen and oxygen atoms in total. The van der Waals surface area contributed by atoms with Crippen molar-refractivity contribution >= 4 is 0 Å². The Morgan fingerprint density at radius 2 is 2.27 bits per heavy atom. The average Bonchev–Trinajstić information content (AvgIpc) is 2.05. The van der Waals surface area contributed by atoms with E-state index in [1.54, 1.807) is 0 Å². The van der Waals surface area contributed by atoms with Crippen molar-refractivity contribution in [1.29, 1.82) is 0 Å². The third-order valence-corrected chi connectivity index (χ3v) is 1.42. The van der Waals surface area contributed by atoms with Gasteiger partial charge in [-0.1, -0.05) is 13.0 Å². The van der Waals surface area contributed by atoms with Crippen molar-refractivity contribution in [3.05, 3.63) is 12.7 Å². The molecule has 0 saturated carbocycles. The molecule has 0 bridgehead atoms. The van der Waals surface area contributed by atoms with Crippen LogP contribution in [0, 0.1) is 0 Å². The van der Waals surface area contributed by atoms with Crippen LogP contribution in [-0.4, -0.2) is 31.0 Å². The van der Waals surface area contributed by atoms with Gasteiger partial charge in [-0.25, -0.2) is 0 Å². The molecule has 11 heavy (non-hydrogen) atoms. The molecule has 3 heteroatoms. The van der Waals surface area contributed by atoms with Crippen molar-refractivity contribution < 1.29 is 5.11 Å². The first-order valence-corrected chi connectivity index (χ1v) is 4.03. The molecular formula is C8H18N2O. The first-order chi connectivity index (χ1) is 5.35. The number of hydrogen-bond donors (Lipinski definition) is 3. The van der Waals surface area contributed by atoms with E-state index in [-0.39, 0.29) is 6.61 Å². The van der Waals surface area contributed by atoms with Gasteiger partial charge in [-0.3, -0.25) is 10.6 Å². The zero-order chi connectivity index (χ0) is 8.53. The lowest BCUT2D eigenvalue weighted by Gasteiger charge is -2.16. The highest BCUT2D eigenvalue weighted by molar-refractivity contribution is 4.73. The summed E-state index contributed by atoms with van der Waals surface area (Å²) < 4.78 is 0. The van der Waals surface area contributed by atoms with Crippen LogP contribution < -0.4 is 10.6 Å². The number of aliphatic hydroxyl groups excluding tert-OH is 1. The predicted molar refractivity (Wildman–Crippen MR) is 47.4 cm³/mol. The summed E-state index contributed by atoms with van der Waals surface area (Å²) in [5.41, 5.74) is 0. The summed E-state index contributed by atoms with van der Waals surface area (Å²) in [4.78, 5) is 0. The molecule has 0 aliphatic rings. The van der Waals surface area contributed by atoms with Crippen LogP contribution in [0.1, 0.15) is 13.3 Å². The van der Waals surface area contributed by atoms with Gasteiger partial charge in [0.2, 0.25) is 0 Å². The first kappa shape index (κ1) is 10.6. The fraction of sp³-hybridized carbons (Fsp3) is 0.750. The summed E-state index contributed by atoms with van der Waals surface area (Å²) in [7, 11) is 0. The summed E-state index contributed by atoms with van der Waals surface area (Å²) in [6, 6.07) is 0. The van der Waals surface area contributed by atoms with Crippen LogP contribution in [0.4, 0.5) is 0 Å². The van der Waals surface area contributed by atoms with E-state index < -0.39 is 0 Å². The van der Waals surface area contributed by atoms with Crippen LogP contribution in [0.3, 0.4) is 0 Å². The van der Waals surface area contributed by atoms with Crippen molar-refractivity contribution in [2.45, 2.75) is 19.5 Å². The minimum absolute atomic E-state index is 0.187. The smallest absolute Gasteiger partial charge is 0.0572 e. The van der Waals surface area contributed by atoms with Crippen LogP contribution in [0.5, 0.6) is 0 Å². The van der Waals surface area contributed by atoms with Gasteiger partial charge in [-0.05, 0) is 6.42 Å². The summed E-state index contributed by atoms with van der Waals surface area (Å²) >= 11 is 0. The normalized spacial score (nSPS) is 12.9. The second kappa shape index (κ2) is 7.72. The Morgan fingerprint density at radius 3 is 2.73 bits per heavy atom. The predicted octanol–water partition coefficient (Wildman–Crippen LogP) is 0.0800. The molecule has 0 aliphatic carbocycles. The molecule has 0 heterocycles. The Kier molecular flexibility index (Phi) is 7.46. The van der Waals surface area contributed by atoms with Crippen LogP contribution >= 0.6 is 0 Å². The fourth-order valence-corrected chi connectivity index (χ4v) is 0.825. The average molecular weight is 158 g/mol. The Hall–Kier alpha value is -0.380. The van der Waals surface area contributed by atoms with Crippen molar-refractivity contribution in [2.75, 3.05) is 19.7 Å². The molecule has 0 amide bonds. The van der Waals surface area contributed by atoms with E-state index in [9.17, 15) is 0 Å². The lowest BCUT2D eigenvalue weighted by molar-refractivity contribution is 0.276. The molecule has 66 valence electrons. The molecule has 1 atom stereocenters. The van der Waals surface area contributed by atoms with E-state index in [4.69, 9.17) is 5.11 Å². The van der Waals surface area contributed by atoms with Gasteiger partial charge < -0.3 is 5.11 Å². The monoisotopic (exact) mass is 158 g/mol. The van der Waals surface area contributed by atoms with E-state index in [0.29, 0.717) is 12.7 Å². The highest BCUT2D eigenvalue weighted by Gasteiger charge is 2.00. The molecule has 0 aromatic rings. The lowest BCUT2D eigenvalue weighted by atomic mass is 10.3. The Balaban J connectivity index is 3.32. The molecule has 0 aromatic carbocycles. The standard InChI is InChI=1S/C8H18N2O/c1-3-5-9-8(4-2)10-6-7-11/h3,8-11H,1,4-7H2,2H3. The molecule has 0 fully saturated rings. The van der Waals surface area contributed by atoms with E-state index >= 15 is 0 Å². The van der Waals surface area contributed by atoms with Gasteiger partial charge >= 0.3 is 0 Å². The molecule has 0 aromatic heterocycles. The van der Waals surface area contributed by atoms with Gasteiger partial charge in [0.1, 0.15) is 0 Å². The van der Waals surface area contributed by atoms with Crippen molar-refractivity contribution in [3.63, 3.8) is 0 Å². The molecule has 0 spiro atoms. The summed E-state index contributed by atoms with van der Waals surface area (Å²) in [5.74, 6) is 0. The van der Waals surface area contributed by atoms with Crippen LogP contribution in [-0.2, 0) is 0 Å². The van der Waals surface area contributed by atoms with Gasteiger partial charge in [0.05, 0.1) is 12.8 Å². The lowest BCUT2D eigenvalue weighted by Crippen LogP contribution is -2.42. The topological polar surface area (TPSA) is 44.3 Å². The third kappa shape index (κ3) is 6.04. The second-order valence-corrected chi connectivity index (χ2v) is 2.34. The highest BCUT2D eigenvalue weighted by Crippen LogP contribution is 1.83. The molecular weight excluding hydrogens is 140 g/mol. The van der Waals surface area contributed by atoms with Crippen molar-refractivity contribution in [1.82, 2.24) is 10.6 Å². The Bertz CT molecular complexity index is 96.1. The maximum Gasteiger partial charge on any atom is 0.0572 e. The zero-order valence-corrected chi connectivity index (χ0v) is 7.14. The molecule has 0 saturated heterocycles. The van der Waals surface area contributed by atoms with Gasteiger partial charge in [0.25, 0.3) is 0 Å². The number of nitrogens with one attached hydrogen (secondary N) is 2. The van der Waals surface area contributed by atoms with Crippen LogP contribution in [0.25, 0.3) is 0 Å². The van der Waals surface area contributed by atoms with Gasteiger partial charge in [0.15, 0.2) is 0 Å². The van der Waals surface area contributed by atoms with Crippen molar-refractivity contribution in [2.24, 2.45) is 0 Å². The first-order valence-electron chi connectivity index (χ1n) is 4.03. The molecule has 0 rings (SSSR count). The molecule has 1 unspecified atom stereocenters. The van der Waals surface area contributed by atoms with Crippen LogP contribution in [0.15, 0.2) is 12.7 Å². The SMILES string of the molecule is C=CCNC(CC)NCCO. The summed E-state index contributed by atoms with van der Waals surface area (Å²) in [5, 5.41) is 14.9. The zero-order valence-electron chi connectivity index (χ0n) is 7.14. The minimum Gasteiger partial charge on any atom is -0.395 e.